The van der Waals surface area contributed by atoms with Gasteiger partial charge >= 0.3 is 6.18 Å². The standard InChI is InChI=1S/C9H6BrF3O2/c1-4(14)5-2-6(9(11,12)13)8(15)7(10)3-5/h2-3,15H,1H3. The van der Waals surface area contributed by atoms with E-state index in [1.54, 1.807) is 0 Å². The summed E-state index contributed by atoms with van der Waals surface area (Å²) in [5.41, 5.74) is -1.32. The van der Waals surface area contributed by atoms with E-state index in [-0.39, 0.29) is 10.0 Å². The molecule has 1 N–H and O–H groups in total. The van der Waals surface area contributed by atoms with Crippen molar-refractivity contribution in [3.8, 4) is 5.75 Å². The first kappa shape index (κ1) is 12.0. The topological polar surface area (TPSA) is 37.3 Å². The molecule has 0 aliphatic heterocycles. The molecule has 0 aromatic heterocycles. The van der Waals surface area contributed by atoms with Crippen molar-refractivity contribution in [1.29, 1.82) is 0 Å². The second kappa shape index (κ2) is 3.84. The van der Waals surface area contributed by atoms with Gasteiger partial charge in [0, 0.05) is 5.56 Å². The minimum Gasteiger partial charge on any atom is -0.506 e. The number of hydrogen-bond acceptors (Lipinski definition) is 2. The van der Waals surface area contributed by atoms with Gasteiger partial charge in [-0.15, -0.1) is 0 Å². The van der Waals surface area contributed by atoms with Crippen LogP contribution in [0.1, 0.15) is 22.8 Å². The number of rotatable bonds is 1. The van der Waals surface area contributed by atoms with Gasteiger partial charge in [-0.2, -0.15) is 13.2 Å². The number of aromatic hydroxyl groups is 1. The molecule has 0 aliphatic rings. The monoisotopic (exact) mass is 282 g/mol. The first-order valence-corrected chi connectivity index (χ1v) is 4.63. The Hall–Kier alpha value is -1.04. The number of ketones is 1. The van der Waals surface area contributed by atoms with Crippen molar-refractivity contribution in [2.75, 3.05) is 0 Å². The molecule has 0 heterocycles. The van der Waals surface area contributed by atoms with Gasteiger partial charge in [-0.05, 0) is 35.0 Å². The van der Waals surface area contributed by atoms with Gasteiger partial charge < -0.3 is 5.11 Å². The van der Waals surface area contributed by atoms with Crippen LogP contribution in [0.3, 0.4) is 0 Å². The summed E-state index contributed by atoms with van der Waals surface area (Å²) in [7, 11) is 0. The molecule has 1 aromatic carbocycles. The van der Waals surface area contributed by atoms with Gasteiger partial charge in [0.15, 0.2) is 5.78 Å². The van der Waals surface area contributed by atoms with Crippen LogP contribution >= 0.6 is 15.9 Å². The van der Waals surface area contributed by atoms with Crippen LogP contribution in [-0.2, 0) is 6.18 Å². The van der Waals surface area contributed by atoms with Crippen LogP contribution < -0.4 is 0 Å². The molecular formula is C9H6BrF3O2. The summed E-state index contributed by atoms with van der Waals surface area (Å²) < 4.78 is 37.0. The molecule has 82 valence electrons. The lowest BCUT2D eigenvalue weighted by Gasteiger charge is -2.11. The summed E-state index contributed by atoms with van der Waals surface area (Å²) in [4.78, 5) is 10.9. The van der Waals surface area contributed by atoms with Crippen molar-refractivity contribution in [2.24, 2.45) is 0 Å². The molecule has 0 saturated carbocycles. The van der Waals surface area contributed by atoms with Crippen LogP contribution in [0.4, 0.5) is 13.2 Å². The number of phenolic OH excluding ortho intramolecular Hbond substituents is 1. The van der Waals surface area contributed by atoms with E-state index in [0.29, 0.717) is 6.07 Å². The van der Waals surface area contributed by atoms with Crippen molar-refractivity contribution in [3.05, 3.63) is 27.7 Å². The third kappa shape index (κ3) is 2.50. The SMILES string of the molecule is CC(=O)c1cc(Br)c(O)c(C(F)(F)F)c1. The normalized spacial score (nSPS) is 11.5. The van der Waals surface area contributed by atoms with Gasteiger partial charge in [-0.3, -0.25) is 4.79 Å². The Kier molecular flexibility index (Phi) is 3.08. The van der Waals surface area contributed by atoms with Crippen LogP contribution in [0.15, 0.2) is 16.6 Å². The Morgan fingerprint density at radius 3 is 2.33 bits per heavy atom. The highest BCUT2D eigenvalue weighted by Crippen LogP contribution is 2.40. The van der Waals surface area contributed by atoms with E-state index in [1.165, 1.54) is 0 Å². The smallest absolute Gasteiger partial charge is 0.420 e. The maximum Gasteiger partial charge on any atom is 0.420 e. The highest BCUT2D eigenvalue weighted by atomic mass is 79.9. The number of hydrogen-bond donors (Lipinski definition) is 1. The second-order valence-electron chi connectivity index (χ2n) is 2.91. The molecule has 0 aliphatic carbocycles. The number of halogens is 4. The zero-order chi connectivity index (χ0) is 11.8. The van der Waals surface area contributed by atoms with E-state index < -0.39 is 23.3 Å². The largest absolute Gasteiger partial charge is 0.506 e. The van der Waals surface area contributed by atoms with Gasteiger partial charge in [-0.25, -0.2) is 0 Å². The number of Topliss-reactive ketones (excluding diaryl/α,β-unsaturated/α-hetero) is 1. The predicted octanol–water partition coefficient (Wildman–Crippen LogP) is 3.38. The van der Waals surface area contributed by atoms with Gasteiger partial charge in [0.25, 0.3) is 0 Å². The van der Waals surface area contributed by atoms with Crippen LogP contribution in [-0.4, -0.2) is 10.9 Å². The molecule has 0 atom stereocenters. The fraction of sp³-hybridized carbons (Fsp3) is 0.222. The Labute approximate surface area is 91.8 Å². The van der Waals surface area contributed by atoms with Crippen LogP contribution in [0, 0.1) is 0 Å². The van der Waals surface area contributed by atoms with Gasteiger partial charge in [0.05, 0.1) is 10.0 Å². The molecule has 15 heavy (non-hydrogen) atoms. The highest BCUT2D eigenvalue weighted by Gasteiger charge is 2.35. The molecule has 0 amide bonds. The molecule has 0 fully saturated rings. The fourth-order valence-electron chi connectivity index (χ4n) is 1.02. The Bertz CT molecular complexity index is 413. The minimum atomic E-state index is -4.68. The Morgan fingerprint density at radius 1 is 1.40 bits per heavy atom. The summed E-state index contributed by atoms with van der Waals surface area (Å²) in [6.07, 6.45) is -4.68. The van der Waals surface area contributed by atoms with E-state index in [9.17, 15) is 18.0 Å². The summed E-state index contributed by atoms with van der Waals surface area (Å²) in [5.74, 6) is -1.41. The summed E-state index contributed by atoms with van der Waals surface area (Å²) in [6.45, 7) is 1.15. The number of benzene rings is 1. The van der Waals surface area contributed by atoms with Gasteiger partial charge in [-0.1, -0.05) is 0 Å². The predicted molar refractivity (Wildman–Crippen MR) is 50.8 cm³/mol. The van der Waals surface area contributed by atoms with E-state index in [0.717, 1.165) is 13.0 Å². The summed E-state index contributed by atoms with van der Waals surface area (Å²) >= 11 is 2.76. The molecule has 6 heteroatoms. The molecule has 0 spiro atoms. The number of phenols is 1. The van der Waals surface area contributed by atoms with Gasteiger partial charge in [0.1, 0.15) is 5.75 Å². The fourth-order valence-corrected chi connectivity index (χ4v) is 1.48. The third-order valence-corrected chi connectivity index (χ3v) is 2.38. The van der Waals surface area contributed by atoms with Crippen LogP contribution in [0.2, 0.25) is 0 Å². The summed E-state index contributed by atoms with van der Waals surface area (Å²) in [6, 6.07) is 1.77. The molecule has 1 aromatic rings. The second-order valence-corrected chi connectivity index (χ2v) is 3.76. The lowest BCUT2D eigenvalue weighted by molar-refractivity contribution is -0.138. The van der Waals surface area contributed by atoms with E-state index in [1.807, 2.05) is 0 Å². The Morgan fingerprint density at radius 2 is 1.93 bits per heavy atom. The lowest BCUT2D eigenvalue weighted by Crippen LogP contribution is -2.07. The maximum atomic E-state index is 12.4. The van der Waals surface area contributed by atoms with E-state index in [4.69, 9.17) is 5.11 Å². The van der Waals surface area contributed by atoms with Crippen LogP contribution in [0.25, 0.3) is 0 Å². The number of carbonyl (C=O) groups excluding carboxylic acids is 1. The highest BCUT2D eigenvalue weighted by molar-refractivity contribution is 9.10. The van der Waals surface area contributed by atoms with Crippen molar-refractivity contribution < 1.29 is 23.1 Å². The molecule has 2 nitrogen and oxygen atoms in total. The first-order valence-electron chi connectivity index (χ1n) is 3.84. The quantitative estimate of drug-likeness (QED) is 0.802. The molecule has 0 unspecified atom stereocenters. The Balaban J connectivity index is 3.45. The van der Waals surface area contributed by atoms with Crippen LogP contribution in [0.5, 0.6) is 5.75 Å². The van der Waals surface area contributed by atoms with Crippen molar-refractivity contribution in [1.82, 2.24) is 0 Å². The molecular weight excluding hydrogens is 277 g/mol. The minimum absolute atomic E-state index is 0.105. The van der Waals surface area contributed by atoms with Crippen molar-refractivity contribution in [3.63, 3.8) is 0 Å². The molecule has 1 rings (SSSR count). The third-order valence-electron chi connectivity index (χ3n) is 1.78. The van der Waals surface area contributed by atoms with Crippen molar-refractivity contribution >= 4 is 21.7 Å². The van der Waals surface area contributed by atoms with E-state index >= 15 is 0 Å². The summed E-state index contributed by atoms with van der Waals surface area (Å²) in [5, 5.41) is 9.16. The molecule has 0 saturated heterocycles. The average Bonchev–Trinajstić information content (AvgIpc) is 2.06. The average molecular weight is 283 g/mol. The molecule has 0 bridgehead atoms. The number of carbonyl (C=O) groups is 1. The van der Waals surface area contributed by atoms with Crippen molar-refractivity contribution in [2.45, 2.75) is 13.1 Å². The first-order chi connectivity index (χ1) is 6.73. The maximum absolute atomic E-state index is 12.4. The van der Waals surface area contributed by atoms with E-state index in [2.05, 4.69) is 15.9 Å². The zero-order valence-electron chi connectivity index (χ0n) is 7.52. The lowest BCUT2D eigenvalue weighted by atomic mass is 10.1. The zero-order valence-corrected chi connectivity index (χ0v) is 9.11. The number of alkyl halides is 3. The van der Waals surface area contributed by atoms with Gasteiger partial charge in [0.2, 0.25) is 0 Å². The molecule has 0 radical (unpaired) electrons.